The molecule has 0 radical (unpaired) electrons. The number of carboxylic acids is 1. The van der Waals surface area contributed by atoms with Gasteiger partial charge in [-0.25, -0.2) is 4.79 Å². The molecule has 1 amide bonds. The molecule has 0 aromatic carbocycles. The molecule has 3 fully saturated rings. The van der Waals surface area contributed by atoms with Crippen molar-refractivity contribution in [3.8, 4) is 0 Å². The van der Waals surface area contributed by atoms with E-state index < -0.39 is 12.0 Å². The molecule has 5 atom stereocenters. The zero-order valence-electron chi connectivity index (χ0n) is 12.0. The molecule has 3 aliphatic rings. The fraction of sp³-hybridized carbons (Fsp3) is 0.867. The van der Waals surface area contributed by atoms with Gasteiger partial charge >= 0.3 is 5.97 Å². The van der Waals surface area contributed by atoms with Crippen LogP contribution in [0.1, 0.15) is 39.0 Å². The molecule has 1 saturated carbocycles. The number of aliphatic carboxylic acids is 1. The highest BCUT2D eigenvalue weighted by atomic mass is 16.5. The lowest BCUT2D eigenvalue weighted by Gasteiger charge is -2.32. The van der Waals surface area contributed by atoms with Crippen LogP contribution in [-0.2, 0) is 14.3 Å². The number of ether oxygens (including phenoxy) is 1. The largest absolute Gasteiger partial charge is 0.480 e. The lowest BCUT2D eigenvalue weighted by molar-refractivity contribution is -0.153. The fourth-order valence-corrected chi connectivity index (χ4v) is 4.31. The first-order valence-corrected chi connectivity index (χ1v) is 7.73. The summed E-state index contributed by atoms with van der Waals surface area (Å²) in [5.74, 6) is -0.264. The van der Waals surface area contributed by atoms with Crippen LogP contribution in [0.3, 0.4) is 0 Å². The predicted octanol–water partition coefficient (Wildman–Crippen LogP) is 1.51. The maximum absolute atomic E-state index is 12.7. The Morgan fingerprint density at radius 3 is 2.75 bits per heavy atom. The minimum atomic E-state index is -0.826. The van der Waals surface area contributed by atoms with Gasteiger partial charge in [-0.3, -0.25) is 4.79 Å². The minimum absolute atomic E-state index is 0.0435. The molecule has 0 aromatic rings. The number of carboxylic acid groups (broad SMARTS) is 1. The molecular weight excluding hydrogens is 258 g/mol. The first-order chi connectivity index (χ1) is 9.58. The first-order valence-electron chi connectivity index (χ1n) is 7.73. The zero-order chi connectivity index (χ0) is 14.3. The van der Waals surface area contributed by atoms with Gasteiger partial charge in [0.05, 0.1) is 6.10 Å². The lowest BCUT2D eigenvalue weighted by Crippen LogP contribution is -2.47. The van der Waals surface area contributed by atoms with E-state index in [9.17, 15) is 14.7 Å². The quantitative estimate of drug-likeness (QED) is 0.833. The summed E-state index contributed by atoms with van der Waals surface area (Å²) in [4.78, 5) is 26.0. The van der Waals surface area contributed by atoms with Crippen molar-refractivity contribution >= 4 is 11.9 Å². The van der Waals surface area contributed by atoms with E-state index in [0.29, 0.717) is 19.1 Å². The SMILES string of the molecule is C[C@@H]1C[C@H](C(=O)N2C[C@@H]3CCC[C@H]3[C@H]2C(=O)O)CCO1. The predicted molar refractivity (Wildman–Crippen MR) is 72.1 cm³/mol. The van der Waals surface area contributed by atoms with Crippen LogP contribution < -0.4 is 0 Å². The number of carbonyl (C=O) groups excluding carboxylic acids is 1. The van der Waals surface area contributed by atoms with Crippen LogP contribution in [0.5, 0.6) is 0 Å². The highest BCUT2D eigenvalue weighted by Crippen LogP contribution is 2.43. The number of nitrogens with zero attached hydrogens (tertiary/aromatic N) is 1. The standard InChI is InChI=1S/C15H23NO4/c1-9-7-10(5-6-20-9)14(17)16-8-11-3-2-4-12(11)13(16)15(18)19/h9-13H,2-8H2,1H3,(H,18,19)/t9-,10-,11+,12-,13+/m1/s1. The summed E-state index contributed by atoms with van der Waals surface area (Å²) in [6.07, 6.45) is 4.68. The average Bonchev–Trinajstić information content (AvgIpc) is 2.96. The van der Waals surface area contributed by atoms with Gasteiger partial charge in [0.25, 0.3) is 0 Å². The van der Waals surface area contributed by atoms with E-state index in [-0.39, 0.29) is 23.8 Å². The molecule has 2 aliphatic heterocycles. The summed E-state index contributed by atoms with van der Waals surface area (Å²) < 4.78 is 5.48. The van der Waals surface area contributed by atoms with Gasteiger partial charge < -0.3 is 14.7 Å². The smallest absolute Gasteiger partial charge is 0.326 e. The third kappa shape index (κ3) is 2.32. The maximum atomic E-state index is 12.7. The molecule has 112 valence electrons. The van der Waals surface area contributed by atoms with E-state index in [1.807, 2.05) is 6.92 Å². The van der Waals surface area contributed by atoms with Crippen LogP contribution >= 0.6 is 0 Å². The van der Waals surface area contributed by atoms with Gasteiger partial charge in [-0.2, -0.15) is 0 Å². The fourth-order valence-electron chi connectivity index (χ4n) is 4.31. The van der Waals surface area contributed by atoms with E-state index >= 15 is 0 Å². The highest BCUT2D eigenvalue weighted by Gasteiger charge is 2.50. The van der Waals surface area contributed by atoms with E-state index in [2.05, 4.69) is 0 Å². The van der Waals surface area contributed by atoms with Gasteiger partial charge in [0, 0.05) is 19.1 Å². The first kappa shape index (κ1) is 13.9. The van der Waals surface area contributed by atoms with Crippen LogP contribution in [0.25, 0.3) is 0 Å². The molecule has 0 spiro atoms. The van der Waals surface area contributed by atoms with Gasteiger partial charge in [-0.1, -0.05) is 6.42 Å². The highest BCUT2D eigenvalue weighted by molar-refractivity contribution is 5.86. The van der Waals surface area contributed by atoms with Crippen molar-refractivity contribution in [1.29, 1.82) is 0 Å². The summed E-state index contributed by atoms with van der Waals surface area (Å²) in [6.45, 7) is 3.23. The van der Waals surface area contributed by atoms with Gasteiger partial charge in [-0.05, 0) is 44.4 Å². The number of carbonyl (C=O) groups is 2. The van der Waals surface area contributed by atoms with Crippen LogP contribution in [-0.4, -0.2) is 47.2 Å². The monoisotopic (exact) mass is 281 g/mol. The summed E-state index contributed by atoms with van der Waals surface area (Å²) in [6, 6.07) is -0.590. The van der Waals surface area contributed by atoms with Gasteiger partial charge in [0.2, 0.25) is 5.91 Å². The number of hydrogen-bond donors (Lipinski definition) is 1. The second-order valence-electron chi connectivity index (χ2n) is 6.53. The van der Waals surface area contributed by atoms with Crippen LogP contribution in [0.4, 0.5) is 0 Å². The molecule has 0 aromatic heterocycles. The van der Waals surface area contributed by atoms with Crippen molar-refractivity contribution < 1.29 is 19.4 Å². The third-order valence-corrected chi connectivity index (χ3v) is 5.26. The van der Waals surface area contributed by atoms with Crippen LogP contribution in [0.2, 0.25) is 0 Å². The Labute approximate surface area is 119 Å². The number of hydrogen-bond acceptors (Lipinski definition) is 3. The normalized spacial score (nSPS) is 40.6. The van der Waals surface area contributed by atoms with Gasteiger partial charge in [0.15, 0.2) is 0 Å². The Hall–Kier alpha value is -1.10. The minimum Gasteiger partial charge on any atom is -0.480 e. The van der Waals surface area contributed by atoms with Crippen molar-refractivity contribution in [3.05, 3.63) is 0 Å². The van der Waals surface area contributed by atoms with E-state index in [1.54, 1.807) is 4.90 Å². The second kappa shape index (κ2) is 5.35. The average molecular weight is 281 g/mol. The second-order valence-corrected chi connectivity index (χ2v) is 6.53. The van der Waals surface area contributed by atoms with Gasteiger partial charge in [-0.15, -0.1) is 0 Å². The maximum Gasteiger partial charge on any atom is 0.326 e. The molecule has 5 nitrogen and oxygen atoms in total. The number of fused-ring (bicyclic) bond motifs is 1. The van der Waals surface area contributed by atoms with Crippen molar-refractivity contribution in [2.24, 2.45) is 17.8 Å². The summed E-state index contributed by atoms with van der Waals surface area (Å²) in [5, 5.41) is 9.51. The molecule has 2 heterocycles. The van der Waals surface area contributed by atoms with Crippen molar-refractivity contribution in [2.75, 3.05) is 13.2 Å². The third-order valence-electron chi connectivity index (χ3n) is 5.26. The molecule has 5 heteroatoms. The van der Waals surface area contributed by atoms with Crippen molar-refractivity contribution in [2.45, 2.75) is 51.2 Å². The van der Waals surface area contributed by atoms with Gasteiger partial charge in [0.1, 0.15) is 6.04 Å². The van der Waals surface area contributed by atoms with Crippen molar-refractivity contribution in [3.63, 3.8) is 0 Å². The van der Waals surface area contributed by atoms with E-state index in [0.717, 1.165) is 32.1 Å². The number of amides is 1. The zero-order valence-corrected chi connectivity index (χ0v) is 12.0. The molecule has 0 unspecified atom stereocenters. The summed E-state index contributed by atoms with van der Waals surface area (Å²) >= 11 is 0. The Kier molecular flexibility index (Phi) is 3.71. The molecule has 3 rings (SSSR count). The van der Waals surface area contributed by atoms with E-state index in [4.69, 9.17) is 4.74 Å². The van der Waals surface area contributed by atoms with E-state index in [1.165, 1.54) is 0 Å². The topological polar surface area (TPSA) is 66.8 Å². The summed E-state index contributed by atoms with van der Waals surface area (Å²) in [7, 11) is 0. The Morgan fingerprint density at radius 1 is 1.25 bits per heavy atom. The lowest BCUT2D eigenvalue weighted by atomic mass is 9.92. The Balaban J connectivity index is 1.74. The number of likely N-dealkylation sites (tertiary alicyclic amines) is 1. The Morgan fingerprint density at radius 2 is 2.05 bits per heavy atom. The van der Waals surface area contributed by atoms with Crippen LogP contribution in [0, 0.1) is 17.8 Å². The van der Waals surface area contributed by atoms with Crippen LogP contribution in [0.15, 0.2) is 0 Å². The molecule has 2 saturated heterocycles. The molecule has 0 bridgehead atoms. The molecule has 20 heavy (non-hydrogen) atoms. The number of rotatable bonds is 2. The summed E-state index contributed by atoms with van der Waals surface area (Å²) in [5.41, 5.74) is 0. The Bertz CT molecular complexity index is 411. The van der Waals surface area contributed by atoms with Crippen molar-refractivity contribution in [1.82, 2.24) is 4.90 Å². The molecular formula is C15H23NO4. The molecule has 1 N–H and O–H groups in total. The molecule has 1 aliphatic carbocycles.